The first-order chi connectivity index (χ1) is 13.7. The van der Waals surface area contributed by atoms with Crippen LogP contribution < -0.4 is 10.2 Å². The lowest BCUT2D eigenvalue weighted by molar-refractivity contribution is 0.102. The first-order valence-electron chi connectivity index (χ1n) is 9.36. The van der Waals surface area contributed by atoms with E-state index in [1.807, 2.05) is 30.3 Å². The van der Waals surface area contributed by atoms with Crippen molar-refractivity contribution in [3.8, 4) is 0 Å². The Balaban J connectivity index is 1.38. The highest BCUT2D eigenvalue weighted by atomic mass is 16.3. The topological polar surface area (TPSA) is 74.2 Å². The van der Waals surface area contributed by atoms with Gasteiger partial charge in [0.05, 0.1) is 29.4 Å². The highest BCUT2D eigenvalue weighted by Gasteiger charge is 2.28. The van der Waals surface area contributed by atoms with Crippen LogP contribution in [0.2, 0.25) is 0 Å². The molecule has 1 aliphatic rings. The number of anilines is 2. The molecule has 4 aromatic rings. The Hall–Kier alpha value is -3.54. The Morgan fingerprint density at radius 3 is 2.93 bits per heavy atom. The van der Waals surface area contributed by atoms with Crippen molar-refractivity contribution in [1.29, 1.82) is 0 Å². The third-order valence-corrected chi connectivity index (χ3v) is 5.27. The molecular weight excluding hydrogens is 352 g/mol. The zero-order chi connectivity index (χ0) is 19.1. The fourth-order valence-electron chi connectivity index (χ4n) is 3.88. The number of hydrogen-bond acceptors (Lipinski definition) is 4. The highest BCUT2D eigenvalue weighted by molar-refractivity contribution is 6.04. The van der Waals surface area contributed by atoms with Crippen molar-refractivity contribution >= 4 is 28.6 Å². The lowest BCUT2D eigenvalue weighted by Crippen LogP contribution is -2.29. The van der Waals surface area contributed by atoms with Crippen LogP contribution in [0.15, 0.2) is 65.3 Å². The van der Waals surface area contributed by atoms with Crippen LogP contribution in [0.25, 0.3) is 11.0 Å². The number of nitrogens with one attached hydrogen (secondary N) is 2. The summed E-state index contributed by atoms with van der Waals surface area (Å²) < 4.78 is 5.67. The van der Waals surface area contributed by atoms with E-state index in [1.165, 1.54) is 11.3 Å². The Morgan fingerprint density at radius 1 is 1.21 bits per heavy atom. The van der Waals surface area contributed by atoms with Crippen molar-refractivity contribution in [3.05, 3.63) is 77.7 Å². The average molecular weight is 372 g/mol. The lowest BCUT2D eigenvalue weighted by Gasteiger charge is -2.24. The zero-order valence-corrected chi connectivity index (χ0v) is 15.5. The van der Waals surface area contributed by atoms with E-state index in [4.69, 9.17) is 4.42 Å². The van der Waals surface area contributed by atoms with Crippen molar-refractivity contribution in [2.24, 2.45) is 0 Å². The molecule has 0 radical (unpaired) electrons. The van der Waals surface area contributed by atoms with Gasteiger partial charge in [-0.15, -0.1) is 0 Å². The van der Waals surface area contributed by atoms with Crippen LogP contribution in [-0.4, -0.2) is 21.9 Å². The quantitative estimate of drug-likeness (QED) is 0.558. The van der Waals surface area contributed by atoms with Gasteiger partial charge in [-0.3, -0.25) is 10.1 Å². The number of nitrogens with zero attached hydrogens (tertiary/aromatic N) is 2. The number of benzene rings is 2. The third kappa shape index (κ3) is 2.83. The Kier molecular flexibility index (Phi) is 3.90. The van der Waals surface area contributed by atoms with Gasteiger partial charge in [-0.05, 0) is 43.2 Å². The number of carbonyl (C=O) groups is 1. The second-order valence-corrected chi connectivity index (χ2v) is 7.12. The number of fused-ring (bicyclic) bond motifs is 2. The maximum Gasteiger partial charge on any atom is 0.261 e. The molecule has 6 nitrogen and oxygen atoms in total. The first-order valence-corrected chi connectivity index (χ1v) is 9.36. The van der Waals surface area contributed by atoms with Crippen LogP contribution >= 0.6 is 0 Å². The summed E-state index contributed by atoms with van der Waals surface area (Å²) in [4.78, 5) is 22.6. The van der Waals surface area contributed by atoms with Gasteiger partial charge in [0, 0.05) is 11.7 Å². The monoisotopic (exact) mass is 372 g/mol. The summed E-state index contributed by atoms with van der Waals surface area (Å²) in [5, 5.41) is 2.85. The summed E-state index contributed by atoms with van der Waals surface area (Å²) in [6.45, 7) is 2.74. The Morgan fingerprint density at radius 2 is 2.04 bits per heavy atom. The van der Waals surface area contributed by atoms with Gasteiger partial charge in [-0.1, -0.05) is 30.3 Å². The molecule has 0 bridgehead atoms. The molecule has 2 N–H and O–H groups in total. The molecule has 1 unspecified atom stereocenters. The smallest absolute Gasteiger partial charge is 0.261 e. The summed E-state index contributed by atoms with van der Waals surface area (Å²) in [7, 11) is 0. The summed E-state index contributed by atoms with van der Waals surface area (Å²) in [5.41, 5.74) is 4.75. The molecule has 0 saturated carbocycles. The van der Waals surface area contributed by atoms with Crippen molar-refractivity contribution in [1.82, 2.24) is 9.97 Å². The second kappa shape index (κ2) is 6.56. The van der Waals surface area contributed by atoms with Crippen LogP contribution in [0.4, 0.5) is 11.6 Å². The minimum absolute atomic E-state index is 0.233. The van der Waals surface area contributed by atoms with E-state index in [0.29, 0.717) is 29.9 Å². The maximum absolute atomic E-state index is 12.8. The molecule has 2 aromatic heterocycles. The highest BCUT2D eigenvalue weighted by Crippen LogP contribution is 2.33. The Labute approximate surface area is 162 Å². The van der Waals surface area contributed by atoms with Gasteiger partial charge in [-0.2, -0.15) is 0 Å². The predicted octanol–water partition coefficient (Wildman–Crippen LogP) is 4.36. The molecule has 0 aliphatic carbocycles. The summed E-state index contributed by atoms with van der Waals surface area (Å²) in [6, 6.07) is 18.1. The number of furan rings is 1. The molecule has 5 rings (SSSR count). The molecule has 0 saturated heterocycles. The Bertz CT molecular complexity index is 1130. The normalized spacial score (nSPS) is 15.8. The lowest BCUT2D eigenvalue weighted by atomic mass is 10.1. The maximum atomic E-state index is 12.8. The van der Waals surface area contributed by atoms with Gasteiger partial charge in [0.2, 0.25) is 5.95 Å². The minimum Gasteiger partial charge on any atom is -0.467 e. The fourth-order valence-corrected chi connectivity index (χ4v) is 3.88. The van der Waals surface area contributed by atoms with Gasteiger partial charge >= 0.3 is 0 Å². The number of aromatic amines is 1. The summed E-state index contributed by atoms with van der Waals surface area (Å²) >= 11 is 0. The number of aromatic nitrogens is 2. The average Bonchev–Trinajstić information content (AvgIpc) is 3.39. The molecule has 1 amide bonds. The molecule has 1 aliphatic heterocycles. The molecule has 3 heterocycles. The molecule has 140 valence electrons. The number of hydrogen-bond donors (Lipinski definition) is 2. The van der Waals surface area contributed by atoms with Gasteiger partial charge in [0.1, 0.15) is 5.76 Å². The molecular formula is C22H20N4O2. The van der Waals surface area contributed by atoms with E-state index < -0.39 is 0 Å². The van der Waals surface area contributed by atoms with E-state index in [9.17, 15) is 4.79 Å². The van der Waals surface area contributed by atoms with Gasteiger partial charge in [0.25, 0.3) is 5.91 Å². The zero-order valence-electron chi connectivity index (χ0n) is 15.5. The molecule has 28 heavy (non-hydrogen) atoms. The number of amides is 1. The van der Waals surface area contributed by atoms with Crippen LogP contribution in [0, 0.1) is 0 Å². The van der Waals surface area contributed by atoms with E-state index in [1.54, 1.807) is 12.3 Å². The number of para-hydroxylation sites is 3. The minimum atomic E-state index is -0.233. The van der Waals surface area contributed by atoms with Gasteiger partial charge in [0.15, 0.2) is 0 Å². The second-order valence-electron chi connectivity index (χ2n) is 7.12. The van der Waals surface area contributed by atoms with E-state index >= 15 is 0 Å². The molecule has 0 spiro atoms. The first kappa shape index (κ1) is 16.6. The van der Waals surface area contributed by atoms with Crippen molar-refractivity contribution in [2.45, 2.75) is 25.9 Å². The SMILES string of the molecule is CC1Cc2ccccc2N1Cc1occc1C(=O)Nc1nc2ccccc2[nH]1. The van der Waals surface area contributed by atoms with E-state index in [2.05, 4.69) is 45.3 Å². The van der Waals surface area contributed by atoms with Crippen LogP contribution in [-0.2, 0) is 13.0 Å². The number of rotatable bonds is 4. The van der Waals surface area contributed by atoms with Crippen LogP contribution in [0.3, 0.4) is 0 Å². The summed E-state index contributed by atoms with van der Waals surface area (Å²) in [6.07, 6.45) is 2.56. The number of carbonyl (C=O) groups excluding carboxylic acids is 1. The fraction of sp³-hybridized carbons (Fsp3) is 0.182. The number of H-pyrrole nitrogens is 1. The number of imidazole rings is 1. The molecule has 2 aromatic carbocycles. The molecule has 0 fully saturated rings. The molecule has 6 heteroatoms. The van der Waals surface area contributed by atoms with E-state index in [-0.39, 0.29) is 5.91 Å². The van der Waals surface area contributed by atoms with Crippen molar-refractivity contribution < 1.29 is 9.21 Å². The van der Waals surface area contributed by atoms with Gasteiger partial charge < -0.3 is 14.3 Å². The predicted molar refractivity (Wildman–Crippen MR) is 109 cm³/mol. The largest absolute Gasteiger partial charge is 0.467 e. The van der Waals surface area contributed by atoms with Gasteiger partial charge in [-0.25, -0.2) is 4.98 Å². The summed E-state index contributed by atoms with van der Waals surface area (Å²) in [5.74, 6) is 0.846. The standard InChI is InChI=1S/C22H20N4O2/c1-14-12-15-6-2-5-9-19(15)26(14)13-20-16(10-11-28-20)21(27)25-22-23-17-7-3-4-8-18(17)24-22/h2-11,14H,12-13H2,1H3,(H2,23,24,25,27). The van der Waals surface area contributed by atoms with E-state index in [0.717, 1.165) is 17.5 Å². The third-order valence-electron chi connectivity index (χ3n) is 5.27. The van der Waals surface area contributed by atoms with Crippen molar-refractivity contribution in [2.75, 3.05) is 10.2 Å². The van der Waals surface area contributed by atoms with Crippen LogP contribution in [0.5, 0.6) is 0 Å². The molecule has 1 atom stereocenters. The van der Waals surface area contributed by atoms with Crippen LogP contribution in [0.1, 0.15) is 28.6 Å². The van der Waals surface area contributed by atoms with Crippen molar-refractivity contribution in [3.63, 3.8) is 0 Å².